The lowest BCUT2D eigenvalue weighted by Crippen LogP contribution is -2.41. The van der Waals surface area contributed by atoms with Gasteiger partial charge in [-0.3, -0.25) is 0 Å². The largest absolute Gasteiger partial charge is 0.396 e. The summed E-state index contributed by atoms with van der Waals surface area (Å²) in [5, 5.41) is 28.3. The van der Waals surface area contributed by atoms with Gasteiger partial charge in [0, 0.05) is 12.5 Å². The van der Waals surface area contributed by atoms with Crippen molar-refractivity contribution in [2.75, 3.05) is 6.61 Å². The van der Waals surface area contributed by atoms with E-state index in [0.29, 0.717) is 18.8 Å². The van der Waals surface area contributed by atoms with E-state index in [9.17, 15) is 10.2 Å². The molecule has 0 spiro atoms. The highest BCUT2D eigenvalue weighted by molar-refractivity contribution is 4.86. The predicted octanol–water partition coefficient (Wildman–Crippen LogP) is 0.383. The van der Waals surface area contributed by atoms with E-state index in [1.54, 1.807) is 0 Å². The molecule has 0 heterocycles. The second-order valence-electron chi connectivity index (χ2n) is 4.46. The van der Waals surface area contributed by atoms with Gasteiger partial charge in [0.15, 0.2) is 0 Å². The highest BCUT2D eigenvalue weighted by Crippen LogP contribution is 2.33. The van der Waals surface area contributed by atoms with E-state index >= 15 is 0 Å². The molecule has 1 aliphatic carbocycles. The van der Waals surface area contributed by atoms with Gasteiger partial charge in [-0.2, -0.15) is 0 Å². The average Bonchev–Trinajstić information content (AvgIpc) is 2.07. The zero-order valence-corrected chi connectivity index (χ0v) is 8.35. The topological polar surface area (TPSA) is 60.7 Å². The Kier molecular flexibility index (Phi) is 3.71. The second-order valence-corrected chi connectivity index (χ2v) is 4.46. The Labute approximate surface area is 79.4 Å². The van der Waals surface area contributed by atoms with Crippen LogP contribution in [0.4, 0.5) is 0 Å². The minimum absolute atomic E-state index is 0.0248. The summed E-state index contributed by atoms with van der Waals surface area (Å²) < 4.78 is 0. The monoisotopic (exact) mass is 188 g/mol. The van der Waals surface area contributed by atoms with Crippen molar-refractivity contribution in [2.24, 2.45) is 17.8 Å². The molecule has 1 aliphatic rings. The molecule has 1 fully saturated rings. The lowest BCUT2D eigenvalue weighted by molar-refractivity contribution is -0.0608. The fraction of sp³-hybridized carbons (Fsp3) is 1.00. The minimum Gasteiger partial charge on any atom is -0.396 e. The van der Waals surface area contributed by atoms with Gasteiger partial charge in [0.05, 0.1) is 12.2 Å². The van der Waals surface area contributed by atoms with Crippen LogP contribution in [0.3, 0.4) is 0 Å². The molecule has 0 aliphatic heterocycles. The first-order valence-corrected chi connectivity index (χ1v) is 5.03. The van der Waals surface area contributed by atoms with Crippen LogP contribution >= 0.6 is 0 Å². The molecule has 0 saturated heterocycles. The van der Waals surface area contributed by atoms with E-state index in [1.165, 1.54) is 0 Å². The van der Waals surface area contributed by atoms with Crippen LogP contribution in [0.15, 0.2) is 0 Å². The van der Waals surface area contributed by atoms with E-state index in [-0.39, 0.29) is 24.5 Å². The van der Waals surface area contributed by atoms with Crippen LogP contribution in [-0.2, 0) is 0 Å². The lowest BCUT2D eigenvalue weighted by atomic mass is 9.73. The van der Waals surface area contributed by atoms with Crippen molar-refractivity contribution in [1.29, 1.82) is 0 Å². The molecular formula is C10H20O3. The molecular weight excluding hydrogens is 168 g/mol. The summed E-state index contributed by atoms with van der Waals surface area (Å²) in [5.41, 5.74) is 0. The molecule has 0 unspecified atom stereocenters. The smallest absolute Gasteiger partial charge is 0.0595 e. The maximum Gasteiger partial charge on any atom is 0.0595 e. The molecule has 3 heteroatoms. The minimum atomic E-state index is -0.444. The van der Waals surface area contributed by atoms with E-state index in [4.69, 9.17) is 5.11 Å². The molecule has 78 valence electrons. The molecule has 0 aromatic heterocycles. The Hall–Kier alpha value is -0.120. The summed E-state index contributed by atoms with van der Waals surface area (Å²) in [6.07, 6.45) is 0.339. The molecule has 0 aromatic rings. The van der Waals surface area contributed by atoms with Gasteiger partial charge < -0.3 is 15.3 Å². The quantitative estimate of drug-likeness (QED) is 0.587. The first-order valence-electron chi connectivity index (χ1n) is 5.03. The second kappa shape index (κ2) is 4.40. The molecule has 0 aromatic carbocycles. The number of rotatable bonds is 2. The zero-order chi connectivity index (χ0) is 10.0. The molecule has 0 bridgehead atoms. The fourth-order valence-corrected chi connectivity index (χ4v) is 2.18. The van der Waals surface area contributed by atoms with Crippen molar-refractivity contribution in [3.63, 3.8) is 0 Å². The molecule has 0 radical (unpaired) electrons. The summed E-state index contributed by atoms with van der Waals surface area (Å²) in [6.45, 7) is 4.09. The summed E-state index contributed by atoms with van der Waals surface area (Å²) in [6, 6.07) is 0. The van der Waals surface area contributed by atoms with Crippen LogP contribution in [-0.4, -0.2) is 34.1 Å². The van der Waals surface area contributed by atoms with Crippen LogP contribution in [0.25, 0.3) is 0 Å². The van der Waals surface area contributed by atoms with Crippen LogP contribution in [0.1, 0.15) is 26.7 Å². The van der Waals surface area contributed by atoms with Gasteiger partial charge in [0.2, 0.25) is 0 Å². The highest BCUT2D eigenvalue weighted by Gasteiger charge is 2.36. The van der Waals surface area contributed by atoms with Crippen molar-refractivity contribution in [2.45, 2.75) is 38.9 Å². The van der Waals surface area contributed by atoms with Gasteiger partial charge in [0.25, 0.3) is 0 Å². The van der Waals surface area contributed by atoms with Crippen molar-refractivity contribution in [3.05, 3.63) is 0 Å². The third-order valence-electron chi connectivity index (χ3n) is 3.19. The standard InChI is InChI=1S/C10H20O3/c1-6(2)8-4-9(12)7(5-11)3-10(8)13/h6-13H,3-5H2,1-2H3/t7-,8+,9+,10+/m0/s1. The van der Waals surface area contributed by atoms with Gasteiger partial charge in [-0.05, 0) is 24.7 Å². The Bertz CT molecular complexity index is 158. The molecule has 1 saturated carbocycles. The van der Waals surface area contributed by atoms with Gasteiger partial charge >= 0.3 is 0 Å². The van der Waals surface area contributed by atoms with E-state index in [0.717, 1.165) is 0 Å². The zero-order valence-electron chi connectivity index (χ0n) is 8.35. The van der Waals surface area contributed by atoms with E-state index in [1.807, 2.05) is 0 Å². The van der Waals surface area contributed by atoms with Crippen molar-refractivity contribution in [3.8, 4) is 0 Å². The molecule has 13 heavy (non-hydrogen) atoms. The molecule has 3 nitrogen and oxygen atoms in total. The summed E-state index contributed by atoms with van der Waals surface area (Å²) >= 11 is 0. The third-order valence-corrected chi connectivity index (χ3v) is 3.19. The molecule has 1 rings (SSSR count). The number of hydrogen-bond acceptors (Lipinski definition) is 3. The fourth-order valence-electron chi connectivity index (χ4n) is 2.18. The summed E-state index contributed by atoms with van der Waals surface area (Å²) in [5.74, 6) is 0.437. The maximum absolute atomic E-state index is 9.74. The molecule has 0 amide bonds. The normalized spacial score (nSPS) is 41.1. The highest BCUT2D eigenvalue weighted by atomic mass is 16.3. The Morgan fingerprint density at radius 1 is 1.15 bits per heavy atom. The summed E-state index contributed by atoms with van der Waals surface area (Å²) in [7, 11) is 0. The lowest BCUT2D eigenvalue weighted by Gasteiger charge is -2.38. The van der Waals surface area contributed by atoms with Gasteiger partial charge in [0.1, 0.15) is 0 Å². The number of aliphatic hydroxyl groups excluding tert-OH is 3. The third kappa shape index (κ3) is 2.42. The van der Waals surface area contributed by atoms with Crippen LogP contribution in [0, 0.1) is 17.8 Å². The Balaban J connectivity index is 2.56. The van der Waals surface area contributed by atoms with Crippen molar-refractivity contribution >= 4 is 0 Å². The number of hydrogen-bond donors (Lipinski definition) is 3. The first kappa shape index (κ1) is 11.0. The van der Waals surface area contributed by atoms with Crippen LogP contribution in [0.2, 0.25) is 0 Å². The Morgan fingerprint density at radius 3 is 2.23 bits per heavy atom. The molecule has 3 N–H and O–H groups in total. The van der Waals surface area contributed by atoms with Gasteiger partial charge in [-0.1, -0.05) is 13.8 Å². The Morgan fingerprint density at radius 2 is 1.77 bits per heavy atom. The van der Waals surface area contributed by atoms with Crippen molar-refractivity contribution in [1.82, 2.24) is 0 Å². The van der Waals surface area contributed by atoms with E-state index in [2.05, 4.69) is 13.8 Å². The van der Waals surface area contributed by atoms with Crippen molar-refractivity contribution < 1.29 is 15.3 Å². The predicted molar refractivity (Wildman–Crippen MR) is 50.2 cm³/mol. The maximum atomic E-state index is 9.74. The number of aliphatic hydroxyl groups is 3. The first-order chi connectivity index (χ1) is 6.06. The molecule has 4 atom stereocenters. The van der Waals surface area contributed by atoms with Gasteiger partial charge in [-0.25, -0.2) is 0 Å². The van der Waals surface area contributed by atoms with Gasteiger partial charge in [-0.15, -0.1) is 0 Å². The van der Waals surface area contributed by atoms with Crippen LogP contribution < -0.4 is 0 Å². The SMILES string of the molecule is CC(C)[C@H]1C[C@@H](O)[C@H](CO)C[C@H]1O. The van der Waals surface area contributed by atoms with Crippen LogP contribution in [0.5, 0.6) is 0 Å². The summed E-state index contributed by atoms with van der Waals surface area (Å²) in [4.78, 5) is 0. The average molecular weight is 188 g/mol. The van der Waals surface area contributed by atoms with E-state index < -0.39 is 6.10 Å².